The first-order valence-electron chi connectivity index (χ1n) is 6.81. The molecule has 116 valence electrons. The van der Waals surface area contributed by atoms with Gasteiger partial charge in [-0.1, -0.05) is 18.6 Å². The van der Waals surface area contributed by atoms with Gasteiger partial charge in [-0.2, -0.15) is 0 Å². The number of anilines is 1. The highest BCUT2D eigenvalue weighted by Gasteiger charge is 2.20. The molecule has 1 heterocycles. The molecule has 3 amide bonds. The van der Waals surface area contributed by atoms with Crippen LogP contribution in [0.1, 0.15) is 24.8 Å². The molecule has 1 aliphatic heterocycles. The number of carbonyl (C=O) groups excluding carboxylic acids is 2. The van der Waals surface area contributed by atoms with Crippen LogP contribution in [-0.2, 0) is 11.3 Å². The Morgan fingerprint density at radius 2 is 1.95 bits per heavy atom. The molecule has 0 bridgehead atoms. The lowest BCUT2D eigenvalue weighted by Crippen LogP contribution is -2.43. The van der Waals surface area contributed by atoms with Gasteiger partial charge in [0.25, 0.3) is 0 Å². The van der Waals surface area contributed by atoms with E-state index in [9.17, 15) is 9.59 Å². The maximum Gasteiger partial charge on any atom is 0.312 e. The normalized spacial score (nSPS) is 17.4. The van der Waals surface area contributed by atoms with Crippen LogP contribution in [0.3, 0.4) is 0 Å². The van der Waals surface area contributed by atoms with Crippen molar-refractivity contribution in [2.24, 2.45) is 5.73 Å². The summed E-state index contributed by atoms with van der Waals surface area (Å²) >= 11 is 0. The fourth-order valence-electron chi connectivity index (χ4n) is 2.20. The van der Waals surface area contributed by atoms with E-state index in [1.807, 2.05) is 24.3 Å². The summed E-state index contributed by atoms with van der Waals surface area (Å²) in [4.78, 5) is 22.6. The van der Waals surface area contributed by atoms with Crippen molar-refractivity contribution in [3.63, 3.8) is 0 Å². The summed E-state index contributed by atoms with van der Waals surface area (Å²) in [7, 11) is 0. The molecule has 5 N–H and O–H groups in total. The quantitative estimate of drug-likeness (QED) is 0.676. The number of carbonyl (C=O) groups is 2. The van der Waals surface area contributed by atoms with E-state index in [0.717, 1.165) is 37.1 Å². The van der Waals surface area contributed by atoms with E-state index in [0.29, 0.717) is 6.54 Å². The first-order chi connectivity index (χ1) is 9.65. The zero-order chi connectivity index (χ0) is 14.4. The minimum absolute atomic E-state index is 0. The van der Waals surface area contributed by atoms with Crippen molar-refractivity contribution in [3.05, 3.63) is 29.8 Å². The second kappa shape index (κ2) is 8.49. The molecular weight excluding hydrogens is 292 g/mol. The molecule has 0 saturated carbocycles. The largest absolute Gasteiger partial charge is 0.352 e. The molecule has 1 unspecified atom stereocenters. The van der Waals surface area contributed by atoms with E-state index in [-0.39, 0.29) is 24.4 Å². The third kappa shape index (κ3) is 5.61. The smallest absolute Gasteiger partial charge is 0.312 e. The minimum atomic E-state index is -0.550. The van der Waals surface area contributed by atoms with E-state index in [2.05, 4.69) is 16.0 Å². The van der Waals surface area contributed by atoms with Crippen LogP contribution in [0.4, 0.5) is 10.5 Å². The summed E-state index contributed by atoms with van der Waals surface area (Å²) in [6, 6.07) is 6.68. The number of nitrogens with two attached hydrogens (primary N) is 1. The monoisotopic (exact) mass is 312 g/mol. The third-order valence-electron chi connectivity index (χ3n) is 3.32. The van der Waals surface area contributed by atoms with Crippen molar-refractivity contribution >= 4 is 30.0 Å². The van der Waals surface area contributed by atoms with Gasteiger partial charge in [-0.3, -0.25) is 4.79 Å². The maximum atomic E-state index is 12.0. The predicted molar refractivity (Wildman–Crippen MR) is 84.4 cm³/mol. The van der Waals surface area contributed by atoms with Gasteiger partial charge in [-0.15, -0.1) is 12.4 Å². The highest BCUT2D eigenvalue weighted by Crippen LogP contribution is 2.12. The Bertz CT molecular complexity index is 472. The van der Waals surface area contributed by atoms with E-state index in [4.69, 9.17) is 5.73 Å². The SMILES string of the molecule is Cl.NC(=O)NCc1ccc(NC(=O)C2CCCCN2)cc1. The molecule has 21 heavy (non-hydrogen) atoms. The molecule has 1 saturated heterocycles. The highest BCUT2D eigenvalue weighted by molar-refractivity contribution is 5.94. The Hall–Kier alpha value is -1.79. The van der Waals surface area contributed by atoms with Crippen molar-refractivity contribution in [3.8, 4) is 0 Å². The van der Waals surface area contributed by atoms with Crippen molar-refractivity contribution in [1.29, 1.82) is 0 Å². The minimum Gasteiger partial charge on any atom is -0.352 e. The Morgan fingerprint density at radius 1 is 1.24 bits per heavy atom. The van der Waals surface area contributed by atoms with Crippen molar-refractivity contribution in [2.45, 2.75) is 31.8 Å². The predicted octanol–water partition coefficient (Wildman–Crippen LogP) is 1.36. The second-order valence-corrected chi connectivity index (χ2v) is 4.91. The maximum absolute atomic E-state index is 12.0. The number of benzene rings is 1. The van der Waals surface area contributed by atoms with E-state index in [1.54, 1.807) is 0 Å². The molecule has 2 rings (SSSR count). The van der Waals surface area contributed by atoms with Gasteiger partial charge < -0.3 is 21.7 Å². The van der Waals surface area contributed by atoms with Crippen LogP contribution in [0.5, 0.6) is 0 Å². The lowest BCUT2D eigenvalue weighted by Gasteiger charge is -2.22. The van der Waals surface area contributed by atoms with Gasteiger partial charge in [0, 0.05) is 12.2 Å². The zero-order valence-corrected chi connectivity index (χ0v) is 12.5. The molecule has 1 aromatic rings. The van der Waals surface area contributed by atoms with Crippen LogP contribution < -0.4 is 21.7 Å². The lowest BCUT2D eigenvalue weighted by molar-refractivity contribution is -0.118. The number of nitrogens with one attached hydrogen (secondary N) is 3. The Labute approximate surface area is 130 Å². The fourth-order valence-corrected chi connectivity index (χ4v) is 2.20. The van der Waals surface area contributed by atoms with Crippen LogP contribution in [-0.4, -0.2) is 24.5 Å². The van der Waals surface area contributed by atoms with E-state index >= 15 is 0 Å². The summed E-state index contributed by atoms with van der Waals surface area (Å²) in [6.07, 6.45) is 3.10. The lowest BCUT2D eigenvalue weighted by atomic mass is 10.0. The van der Waals surface area contributed by atoms with E-state index in [1.165, 1.54) is 0 Å². The fraction of sp³-hybridized carbons (Fsp3) is 0.429. The third-order valence-corrected chi connectivity index (χ3v) is 3.32. The number of hydrogen-bond donors (Lipinski definition) is 4. The molecule has 1 fully saturated rings. The summed E-state index contributed by atoms with van der Waals surface area (Å²) in [5, 5.41) is 8.62. The average molecular weight is 313 g/mol. The van der Waals surface area contributed by atoms with Crippen LogP contribution >= 0.6 is 12.4 Å². The molecule has 1 atom stereocenters. The molecular formula is C14H21ClN4O2. The molecule has 0 spiro atoms. The van der Waals surface area contributed by atoms with Gasteiger partial charge in [0.1, 0.15) is 0 Å². The van der Waals surface area contributed by atoms with Gasteiger partial charge in [0.15, 0.2) is 0 Å². The molecule has 1 aromatic carbocycles. The summed E-state index contributed by atoms with van der Waals surface area (Å²) in [6.45, 7) is 1.28. The Kier molecular flexibility index (Phi) is 6.98. The molecule has 6 nitrogen and oxygen atoms in total. The first-order valence-corrected chi connectivity index (χ1v) is 6.81. The van der Waals surface area contributed by atoms with Crippen LogP contribution in [0.15, 0.2) is 24.3 Å². The highest BCUT2D eigenvalue weighted by atomic mass is 35.5. The topological polar surface area (TPSA) is 96.2 Å². The molecule has 0 radical (unpaired) electrons. The van der Waals surface area contributed by atoms with E-state index < -0.39 is 6.03 Å². The second-order valence-electron chi connectivity index (χ2n) is 4.91. The average Bonchev–Trinajstić information content (AvgIpc) is 2.47. The summed E-state index contributed by atoms with van der Waals surface area (Å²) in [5.74, 6) is 0.00714. The molecule has 1 aliphatic rings. The number of rotatable bonds is 4. The number of piperidine rings is 1. The van der Waals surface area contributed by atoms with Crippen LogP contribution in [0.2, 0.25) is 0 Å². The summed E-state index contributed by atoms with van der Waals surface area (Å²) in [5.41, 5.74) is 6.69. The number of amides is 3. The van der Waals surface area contributed by atoms with Crippen LogP contribution in [0, 0.1) is 0 Å². The van der Waals surface area contributed by atoms with Gasteiger partial charge in [-0.05, 0) is 37.1 Å². The van der Waals surface area contributed by atoms with Crippen molar-refractivity contribution in [2.75, 3.05) is 11.9 Å². The van der Waals surface area contributed by atoms with Crippen LogP contribution in [0.25, 0.3) is 0 Å². The number of hydrogen-bond acceptors (Lipinski definition) is 3. The first kappa shape index (κ1) is 17.3. The number of halogens is 1. The standard InChI is InChI=1S/C14H20N4O2.ClH/c15-14(20)17-9-10-4-6-11(7-5-10)18-13(19)12-3-1-2-8-16-12;/h4-7,12,16H,1-3,8-9H2,(H,18,19)(H3,15,17,20);1H. The van der Waals surface area contributed by atoms with Gasteiger partial charge in [0.05, 0.1) is 6.04 Å². The van der Waals surface area contributed by atoms with Crippen molar-refractivity contribution < 1.29 is 9.59 Å². The summed E-state index contributed by atoms with van der Waals surface area (Å²) < 4.78 is 0. The van der Waals surface area contributed by atoms with Crippen molar-refractivity contribution in [1.82, 2.24) is 10.6 Å². The van der Waals surface area contributed by atoms with Gasteiger partial charge >= 0.3 is 6.03 Å². The van der Waals surface area contributed by atoms with Gasteiger partial charge in [-0.25, -0.2) is 4.79 Å². The molecule has 0 aromatic heterocycles. The molecule has 0 aliphatic carbocycles. The Balaban J connectivity index is 0.00000220. The zero-order valence-electron chi connectivity index (χ0n) is 11.7. The van der Waals surface area contributed by atoms with Gasteiger partial charge in [0.2, 0.25) is 5.91 Å². The number of primary amides is 1. The Morgan fingerprint density at radius 3 is 2.52 bits per heavy atom. The number of urea groups is 1. The molecule has 7 heteroatoms.